The highest BCUT2D eigenvalue weighted by atomic mass is 35.5. The van der Waals surface area contributed by atoms with E-state index in [4.69, 9.17) is 22.2 Å². The quantitative estimate of drug-likeness (QED) is 0.253. The van der Waals surface area contributed by atoms with Crippen LogP contribution in [0, 0.1) is 0 Å². The van der Waals surface area contributed by atoms with Gasteiger partial charge in [-0.2, -0.15) is 0 Å². The molecule has 0 radical (unpaired) electrons. The number of pyridine rings is 1. The summed E-state index contributed by atoms with van der Waals surface area (Å²) in [6, 6.07) is 3.88. The number of carbonyl (C=O) groups excluding carboxylic acids is 2. The van der Waals surface area contributed by atoms with Gasteiger partial charge in [-0.1, -0.05) is 11.2 Å². The lowest BCUT2D eigenvalue weighted by Crippen LogP contribution is -2.74. The molecule has 4 N–H and O–H groups in total. The molecule has 27 heavy (non-hydrogen) atoms. The van der Waals surface area contributed by atoms with Crippen molar-refractivity contribution in [2.75, 3.05) is 25.1 Å². The van der Waals surface area contributed by atoms with Crippen molar-refractivity contribution in [2.45, 2.75) is 16.3 Å². The summed E-state index contributed by atoms with van der Waals surface area (Å²) in [6.45, 7) is -0.122. The third-order valence-corrected chi connectivity index (χ3v) is 6.23. The monoisotopic (exact) mass is 413 g/mol. The van der Waals surface area contributed by atoms with Crippen molar-refractivity contribution >= 4 is 52.7 Å². The average Bonchev–Trinajstić information content (AvgIpc) is 2.64. The van der Waals surface area contributed by atoms with Crippen molar-refractivity contribution in [2.24, 2.45) is 5.16 Å². The molecule has 1 aromatic rings. The number of halogens is 1. The first-order valence-electron chi connectivity index (χ1n) is 7.76. The number of thioether (sulfide) groups is 1. The molecule has 0 aromatic carbocycles. The summed E-state index contributed by atoms with van der Waals surface area (Å²) in [5, 5.41) is 15.1. The Kier molecular flexibility index (Phi) is 5.16. The van der Waals surface area contributed by atoms with Crippen LogP contribution in [-0.4, -0.2) is 74.2 Å². The average molecular weight is 414 g/mol. The number of oxime groups is 1. The van der Waals surface area contributed by atoms with E-state index in [9.17, 15) is 19.5 Å². The van der Waals surface area contributed by atoms with Gasteiger partial charge in [0.2, 0.25) is 5.91 Å². The summed E-state index contributed by atoms with van der Waals surface area (Å²) < 4.78 is 0. The number of rotatable bonds is 5. The molecule has 2 aliphatic heterocycles. The zero-order valence-corrected chi connectivity index (χ0v) is 15.7. The SMILES string of the molecule is CON=C(C(=O)NC1C(=O)N2CC(Cl)(C(=O)O)CS[C@H]12)c1cccc(N)n1. The third kappa shape index (κ3) is 3.52. The van der Waals surface area contributed by atoms with E-state index in [0.717, 1.165) is 0 Å². The Morgan fingerprint density at radius 3 is 2.93 bits per heavy atom. The lowest BCUT2D eigenvalue weighted by Gasteiger charge is -2.52. The van der Waals surface area contributed by atoms with Crippen molar-refractivity contribution in [1.29, 1.82) is 0 Å². The maximum Gasteiger partial charge on any atom is 0.327 e. The molecule has 144 valence electrons. The van der Waals surface area contributed by atoms with Crippen LogP contribution in [0.15, 0.2) is 23.4 Å². The number of nitrogens with zero attached hydrogens (tertiary/aromatic N) is 3. The van der Waals surface area contributed by atoms with Gasteiger partial charge in [-0.25, -0.2) is 4.98 Å². The summed E-state index contributed by atoms with van der Waals surface area (Å²) in [7, 11) is 1.28. The van der Waals surface area contributed by atoms with Crippen LogP contribution in [0.5, 0.6) is 0 Å². The van der Waals surface area contributed by atoms with Gasteiger partial charge >= 0.3 is 5.97 Å². The van der Waals surface area contributed by atoms with Crippen LogP contribution in [-0.2, 0) is 19.2 Å². The van der Waals surface area contributed by atoms with Crippen LogP contribution < -0.4 is 11.1 Å². The molecule has 0 saturated carbocycles. The summed E-state index contributed by atoms with van der Waals surface area (Å²) >= 11 is 7.25. The van der Waals surface area contributed by atoms with E-state index in [-0.39, 0.29) is 29.5 Å². The smallest absolute Gasteiger partial charge is 0.327 e. The number of nitrogens with one attached hydrogen (secondary N) is 1. The number of carboxylic acid groups (broad SMARTS) is 1. The fourth-order valence-electron chi connectivity index (χ4n) is 2.76. The third-order valence-electron chi connectivity index (χ3n) is 4.13. The largest absolute Gasteiger partial charge is 0.480 e. The molecule has 12 heteroatoms. The second-order valence-corrected chi connectivity index (χ2v) is 7.79. The zero-order chi connectivity index (χ0) is 19.8. The first-order valence-corrected chi connectivity index (χ1v) is 9.19. The van der Waals surface area contributed by atoms with E-state index < -0.39 is 34.1 Å². The van der Waals surface area contributed by atoms with Crippen LogP contribution in [0.3, 0.4) is 0 Å². The van der Waals surface area contributed by atoms with Crippen LogP contribution in [0.25, 0.3) is 0 Å². The highest BCUT2D eigenvalue weighted by Gasteiger charge is 2.57. The second-order valence-electron chi connectivity index (χ2n) is 5.96. The molecular formula is C15H16ClN5O5S. The molecule has 0 bridgehead atoms. The lowest BCUT2D eigenvalue weighted by atomic mass is 10.0. The first kappa shape index (κ1) is 19.2. The van der Waals surface area contributed by atoms with E-state index in [1.54, 1.807) is 12.1 Å². The van der Waals surface area contributed by atoms with Crippen LogP contribution in [0.1, 0.15) is 5.69 Å². The second kappa shape index (κ2) is 7.24. The van der Waals surface area contributed by atoms with Crippen LogP contribution >= 0.6 is 23.4 Å². The zero-order valence-electron chi connectivity index (χ0n) is 14.1. The van der Waals surface area contributed by atoms with Crippen molar-refractivity contribution in [3.63, 3.8) is 0 Å². The summed E-state index contributed by atoms with van der Waals surface area (Å²) in [5.74, 6) is -1.94. The Morgan fingerprint density at radius 2 is 2.30 bits per heavy atom. The molecule has 2 saturated heterocycles. The number of carbonyl (C=O) groups is 3. The fraction of sp³-hybridized carbons (Fsp3) is 0.400. The van der Waals surface area contributed by atoms with Gasteiger partial charge in [0.05, 0.1) is 6.54 Å². The Hall–Kier alpha value is -2.53. The Balaban J connectivity index is 1.72. The molecule has 3 atom stereocenters. The lowest BCUT2D eigenvalue weighted by molar-refractivity contribution is -0.151. The number of alkyl halides is 1. The molecule has 2 aliphatic rings. The molecule has 2 fully saturated rings. The minimum Gasteiger partial charge on any atom is -0.480 e. The van der Waals surface area contributed by atoms with Gasteiger partial charge in [0.15, 0.2) is 10.6 Å². The summed E-state index contributed by atoms with van der Waals surface area (Å²) in [4.78, 5) is 44.8. The molecule has 3 rings (SSSR count). The Bertz CT molecular complexity index is 837. The predicted octanol–water partition coefficient (Wildman–Crippen LogP) is -0.524. The number of nitrogens with two attached hydrogens (primary N) is 1. The number of anilines is 1. The number of fused-ring (bicyclic) bond motifs is 1. The van der Waals surface area contributed by atoms with Gasteiger partial charge in [0.25, 0.3) is 5.91 Å². The highest BCUT2D eigenvalue weighted by Crippen LogP contribution is 2.40. The van der Waals surface area contributed by atoms with E-state index in [2.05, 4.69) is 15.5 Å². The fourth-order valence-corrected chi connectivity index (χ4v) is 4.46. The van der Waals surface area contributed by atoms with Gasteiger partial charge in [-0.15, -0.1) is 23.4 Å². The van der Waals surface area contributed by atoms with Gasteiger partial charge < -0.3 is 25.9 Å². The summed E-state index contributed by atoms with van der Waals surface area (Å²) in [5.41, 5.74) is 5.69. The molecule has 3 heterocycles. The van der Waals surface area contributed by atoms with Gasteiger partial charge in [-0.05, 0) is 12.1 Å². The Labute approximate surface area is 163 Å². The molecule has 2 amide bonds. The summed E-state index contributed by atoms with van der Waals surface area (Å²) in [6.07, 6.45) is 0. The van der Waals surface area contributed by atoms with E-state index in [1.165, 1.54) is 29.8 Å². The van der Waals surface area contributed by atoms with Gasteiger partial charge in [0, 0.05) is 5.75 Å². The minimum absolute atomic E-state index is 0.112. The van der Waals surface area contributed by atoms with Gasteiger partial charge in [0.1, 0.15) is 30.0 Å². The molecule has 0 spiro atoms. The normalized spacial score (nSPS) is 27.4. The Morgan fingerprint density at radius 1 is 1.56 bits per heavy atom. The first-order chi connectivity index (χ1) is 12.8. The number of aromatic nitrogens is 1. The minimum atomic E-state index is -1.53. The van der Waals surface area contributed by atoms with Crippen molar-refractivity contribution in [3.05, 3.63) is 23.9 Å². The number of nitrogen functional groups attached to an aromatic ring is 1. The van der Waals surface area contributed by atoms with Gasteiger partial charge in [-0.3, -0.25) is 14.4 Å². The highest BCUT2D eigenvalue weighted by molar-refractivity contribution is 8.00. The number of carboxylic acids is 1. The number of aliphatic carboxylic acids is 1. The van der Waals surface area contributed by atoms with Crippen LogP contribution in [0.2, 0.25) is 0 Å². The van der Waals surface area contributed by atoms with E-state index in [0.29, 0.717) is 0 Å². The topological polar surface area (TPSA) is 147 Å². The number of amides is 2. The van der Waals surface area contributed by atoms with E-state index in [1.807, 2.05) is 0 Å². The van der Waals surface area contributed by atoms with E-state index >= 15 is 0 Å². The predicted molar refractivity (Wildman–Crippen MR) is 98.3 cm³/mol. The maximum atomic E-state index is 12.6. The van der Waals surface area contributed by atoms with Crippen molar-refractivity contribution < 1.29 is 24.3 Å². The standard InChI is InChI=1S/C15H16ClN5O5S/c1-26-20-9(7-3-2-4-8(17)18-7)11(22)19-10-12(23)21-5-15(16,14(24)25)6-27-13(10)21/h2-4,10,13H,5-6H2,1H3,(H2,17,18)(H,19,22)(H,24,25)/t10?,13-,15?/m1/s1. The molecule has 0 aliphatic carbocycles. The maximum absolute atomic E-state index is 12.6. The molecule has 1 aromatic heterocycles. The molecular weight excluding hydrogens is 398 g/mol. The number of hydrogen-bond donors (Lipinski definition) is 3. The molecule has 2 unspecified atom stereocenters. The molecule has 10 nitrogen and oxygen atoms in total. The van der Waals surface area contributed by atoms with Crippen molar-refractivity contribution in [3.8, 4) is 0 Å². The number of β-lactam (4-membered cyclic amide) rings is 1. The van der Waals surface area contributed by atoms with Crippen molar-refractivity contribution in [1.82, 2.24) is 15.2 Å². The number of hydrogen-bond acceptors (Lipinski definition) is 8. The van der Waals surface area contributed by atoms with Crippen LogP contribution in [0.4, 0.5) is 5.82 Å².